The average Bonchev–Trinajstić information content (AvgIpc) is 3.55. The second-order valence-corrected chi connectivity index (χ2v) is 11.4. The number of nitrogens with one attached hydrogen (secondary N) is 2. The molecule has 4 heterocycles. The van der Waals surface area contributed by atoms with Crippen molar-refractivity contribution in [3.63, 3.8) is 0 Å². The summed E-state index contributed by atoms with van der Waals surface area (Å²) in [6.45, 7) is 14.2. The molecule has 0 aliphatic heterocycles. The molecule has 0 aliphatic rings. The van der Waals surface area contributed by atoms with Crippen LogP contribution in [0.1, 0.15) is 54.7 Å². The molecule has 0 bridgehead atoms. The Labute approximate surface area is 246 Å². The van der Waals surface area contributed by atoms with Crippen LogP contribution >= 0.6 is 0 Å². The minimum Gasteiger partial charge on any atom is -0.367 e. The first-order valence-electron chi connectivity index (χ1n) is 14.1. The van der Waals surface area contributed by atoms with Gasteiger partial charge in [-0.05, 0) is 49.3 Å². The van der Waals surface area contributed by atoms with Crippen molar-refractivity contribution in [3.05, 3.63) is 107 Å². The monoisotopic (exact) mass is 562 g/mol. The topological polar surface area (TPSA) is 110 Å². The van der Waals surface area contributed by atoms with Gasteiger partial charge >= 0.3 is 0 Å². The van der Waals surface area contributed by atoms with Crippen LogP contribution in [-0.2, 0) is 18.4 Å². The lowest BCUT2D eigenvalue weighted by molar-refractivity contribution is 0.590. The van der Waals surface area contributed by atoms with E-state index in [9.17, 15) is 0 Å². The Morgan fingerprint density at radius 3 is 1.86 bits per heavy atom. The Kier molecular flexibility index (Phi) is 8.42. The Bertz CT molecular complexity index is 1780. The number of rotatable bonds is 7. The molecule has 0 saturated heterocycles. The van der Waals surface area contributed by atoms with E-state index in [1.165, 1.54) is 22.3 Å². The maximum absolute atomic E-state index is 4.36. The van der Waals surface area contributed by atoms with Gasteiger partial charge in [-0.1, -0.05) is 74.9 Å². The van der Waals surface area contributed by atoms with Gasteiger partial charge < -0.3 is 10.6 Å². The standard InChI is InChI=1S/C17H21N5.C15H17N5/c1-12-20-21-16-15(18-9-10-22(12)16)19-11-13-5-7-14(8-6-13)17(2,3)4;1-11-4-3-5-13(10-11)6-7-16-14-15-19-18-12(2)20(15)9-8-17-14/h5-10H,11H2,1-4H3,(H,18,19);3-5,8-10H,6-7H2,1-2H3,(H,16,17). The predicted octanol–water partition coefficient (Wildman–Crippen LogP) is 5.74. The molecule has 6 rings (SSSR count). The molecule has 10 nitrogen and oxygen atoms in total. The van der Waals surface area contributed by atoms with Crippen molar-refractivity contribution in [2.24, 2.45) is 0 Å². The lowest BCUT2D eigenvalue weighted by Gasteiger charge is -2.19. The molecule has 0 atom stereocenters. The lowest BCUT2D eigenvalue weighted by atomic mass is 9.87. The fraction of sp³-hybridized carbons (Fsp3) is 0.312. The van der Waals surface area contributed by atoms with E-state index in [0.717, 1.165) is 47.5 Å². The fourth-order valence-corrected chi connectivity index (χ4v) is 4.63. The highest BCUT2D eigenvalue weighted by molar-refractivity contribution is 5.62. The average molecular weight is 563 g/mol. The van der Waals surface area contributed by atoms with Crippen LogP contribution in [0.2, 0.25) is 0 Å². The highest BCUT2D eigenvalue weighted by Crippen LogP contribution is 2.22. The molecule has 216 valence electrons. The van der Waals surface area contributed by atoms with E-state index in [1.54, 1.807) is 12.4 Å². The zero-order valence-electron chi connectivity index (χ0n) is 25.1. The summed E-state index contributed by atoms with van der Waals surface area (Å²) >= 11 is 0. The number of aromatic nitrogens is 8. The van der Waals surface area contributed by atoms with Gasteiger partial charge in [-0.3, -0.25) is 8.80 Å². The molecule has 0 spiro atoms. The van der Waals surface area contributed by atoms with Gasteiger partial charge in [-0.25, -0.2) is 9.97 Å². The molecule has 0 saturated carbocycles. The number of nitrogens with zero attached hydrogens (tertiary/aromatic N) is 8. The van der Waals surface area contributed by atoms with Crippen LogP contribution in [0.5, 0.6) is 0 Å². The van der Waals surface area contributed by atoms with Gasteiger partial charge in [0.1, 0.15) is 11.6 Å². The normalized spacial score (nSPS) is 11.4. The predicted molar refractivity (Wildman–Crippen MR) is 167 cm³/mol. The third-order valence-electron chi connectivity index (χ3n) is 7.06. The third-order valence-corrected chi connectivity index (χ3v) is 7.06. The Balaban J connectivity index is 0.000000169. The van der Waals surface area contributed by atoms with Gasteiger partial charge in [-0.15, -0.1) is 20.4 Å². The highest BCUT2D eigenvalue weighted by atomic mass is 15.3. The molecule has 10 heteroatoms. The minimum atomic E-state index is 0.179. The summed E-state index contributed by atoms with van der Waals surface area (Å²) in [5, 5.41) is 23.1. The minimum absolute atomic E-state index is 0.179. The van der Waals surface area contributed by atoms with E-state index < -0.39 is 0 Å². The highest BCUT2D eigenvalue weighted by Gasteiger charge is 2.13. The van der Waals surface area contributed by atoms with E-state index >= 15 is 0 Å². The molecular formula is C32H38N10. The summed E-state index contributed by atoms with van der Waals surface area (Å²) in [4.78, 5) is 8.69. The second-order valence-electron chi connectivity index (χ2n) is 11.4. The van der Waals surface area contributed by atoms with E-state index in [4.69, 9.17) is 0 Å². The summed E-state index contributed by atoms with van der Waals surface area (Å²) in [6, 6.07) is 17.2. The molecule has 6 aromatic rings. The maximum Gasteiger partial charge on any atom is 0.203 e. The van der Waals surface area contributed by atoms with Crippen LogP contribution in [0.15, 0.2) is 73.3 Å². The van der Waals surface area contributed by atoms with Gasteiger partial charge in [0, 0.05) is 37.9 Å². The van der Waals surface area contributed by atoms with Crippen LogP contribution < -0.4 is 10.6 Å². The molecule has 0 radical (unpaired) electrons. The van der Waals surface area contributed by atoms with E-state index in [-0.39, 0.29) is 5.41 Å². The van der Waals surface area contributed by atoms with E-state index in [2.05, 4.69) is 117 Å². The van der Waals surface area contributed by atoms with Crippen molar-refractivity contribution in [1.29, 1.82) is 0 Å². The maximum atomic E-state index is 4.36. The molecule has 0 fully saturated rings. The molecule has 42 heavy (non-hydrogen) atoms. The molecular weight excluding hydrogens is 524 g/mol. The van der Waals surface area contributed by atoms with Gasteiger partial charge in [-0.2, -0.15) is 0 Å². The van der Waals surface area contributed by atoms with E-state index in [0.29, 0.717) is 6.54 Å². The van der Waals surface area contributed by atoms with Crippen molar-refractivity contribution in [2.45, 2.75) is 59.9 Å². The largest absolute Gasteiger partial charge is 0.367 e. The van der Waals surface area contributed by atoms with Crippen molar-refractivity contribution < 1.29 is 0 Å². The van der Waals surface area contributed by atoms with Crippen molar-refractivity contribution in [3.8, 4) is 0 Å². The molecule has 0 amide bonds. The fourth-order valence-electron chi connectivity index (χ4n) is 4.63. The van der Waals surface area contributed by atoms with Gasteiger partial charge in [0.05, 0.1) is 0 Å². The molecule has 0 aliphatic carbocycles. The first kappa shape index (κ1) is 28.7. The quantitative estimate of drug-likeness (QED) is 0.254. The number of hydrogen-bond acceptors (Lipinski definition) is 8. The molecule has 2 aromatic carbocycles. The smallest absolute Gasteiger partial charge is 0.203 e. The van der Waals surface area contributed by atoms with Crippen molar-refractivity contribution >= 4 is 22.9 Å². The van der Waals surface area contributed by atoms with Crippen LogP contribution in [0, 0.1) is 20.8 Å². The van der Waals surface area contributed by atoms with Crippen molar-refractivity contribution in [2.75, 3.05) is 17.2 Å². The van der Waals surface area contributed by atoms with E-state index in [1.807, 2.05) is 35.0 Å². The molecule has 2 N–H and O–H groups in total. The number of anilines is 2. The summed E-state index contributed by atoms with van der Waals surface area (Å²) in [6.07, 6.45) is 8.22. The van der Waals surface area contributed by atoms with Gasteiger partial charge in [0.15, 0.2) is 11.6 Å². The van der Waals surface area contributed by atoms with Gasteiger partial charge in [0.25, 0.3) is 0 Å². The van der Waals surface area contributed by atoms with Crippen LogP contribution in [0.3, 0.4) is 0 Å². The Morgan fingerprint density at radius 2 is 1.29 bits per heavy atom. The number of aryl methyl sites for hydroxylation is 3. The van der Waals surface area contributed by atoms with Crippen LogP contribution in [0.4, 0.5) is 11.6 Å². The molecule has 4 aromatic heterocycles. The summed E-state index contributed by atoms with van der Waals surface area (Å²) in [5.74, 6) is 3.25. The first-order valence-corrected chi connectivity index (χ1v) is 14.1. The summed E-state index contributed by atoms with van der Waals surface area (Å²) < 4.78 is 3.86. The van der Waals surface area contributed by atoms with Crippen LogP contribution in [-0.4, -0.2) is 45.7 Å². The SMILES string of the molecule is Cc1cccc(CCNc2nccn3c(C)nnc23)c1.Cc1nnc2c(NCc3ccc(C(C)(C)C)cc3)nccn12. The number of benzene rings is 2. The first-order chi connectivity index (χ1) is 20.2. The number of hydrogen-bond donors (Lipinski definition) is 2. The zero-order chi connectivity index (χ0) is 29.7. The van der Waals surface area contributed by atoms with Gasteiger partial charge in [0.2, 0.25) is 11.3 Å². The lowest BCUT2D eigenvalue weighted by Crippen LogP contribution is -2.11. The Morgan fingerprint density at radius 1 is 0.690 bits per heavy atom. The zero-order valence-corrected chi connectivity index (χ0v) is 25.1. The van der Waals surface area contributed by atoms with Crippen molar-refractivity contribution in [1.82, 2.24) is 39.2 Å². The second kappa shape index (κ2) is 12.3. The van der Waals surface area contributed by atoms with Crippen LogP contribution in [0.25, 0.3) is 11.3 Å². The molecule has 0 unspecified atom stereocenters. The summed E-state index contributed by atoms with van der Waals surface area (Å²) in [7, 11) is 0. The number of fused-ring (bicyclic) bond motifs is 2. The summed E-state index contributed by atoms with van der Waals surface area (Å²) in [5.41, 5.74) is 6.87. The Hall–Kier alpha value is -4.86. The third kappa shape index (κ3) is 6.71.